The van der Waals surface area contributed by atoms with Gasteiger partial charge in [0.05, 0.1) is 17.0 Å². The van der Waals surface area contributed by atoms with Crippen LogP contribution in [0, 0.1) is 6.92 Å². The molecule has 4 heterocycles. The number of aromatic amines is 1. The van der Waals surface area contributed by atoms with Crippen molar-refractivity contribution in [3.05, 3.63) is 55.6 Å². The van der Waals surface area contributed by atoms with Crippen LogP contribution in [0.15, 0.2) is 31.5 Å². The molecule has 168 valence electrons. The zero-order valence-electron chi connectivity index (χ0n) is 18.0. The van der Waals surface area contributed by atoms with Crippen molar-refractivity contribution in [3.63, 3.8) is 0 Å². The SMILES string of the molecule is CCCCn1c(=O)[nH]c(=O)c2c1nc(COC(=O)Cc1nc(-c3cccs3)oc1C)n2C. The molecule has 0 radical (unpaired) electrons. The Morgan fingerprint density at radius 1 is 1.31 bits per heavy atom. The van der Waals surface area contributed by atoms with Gasteiger partial charge in [0.2, 0.25) is 5.89 Å². The first kappa shape index (κ1) is 21.8. The van der Waals surface area contributed by atoms with E-state index in [4.69, 9.17) is 9.15 Å². The second kappa shape index (κ2) is 8.95. The van der Waals surface area contributed by atoms with Gasteiger partial charge in [0.25, 0.3) is 5.56 Å². The van der Waals surface area contributed by atoms with Crippen LogP contribution in [0.4, 0.5) is 0 Å². The van der Waals surface area contributed by atoms with Gasteiger partial charge in [-0.2, -0.15) is 0 Å². The van der Waals surface area contributed by atoms with E-state index >= 15 is 0 Å². The monoisotopic (exact) mass is 457 g/mol. The smallest absolute Gasteiger partial charge is 0.330 e. The second-order valence-electron chi connectivity index (χ2n) is 7.36. The number of rotatable bonds is 8. The van der Waals surface area contributed by atoms with Crippen molar-refractivity contribution in [2.45, 2.75) is 46.3 Å². The fourth-order valence-corrected chi connectivity index (χ4v) is 4.02. The van der Waals surface area contributed by atoms with Gasteiger partial charge in [0, 0.05) is 13.6 Å². The normalized spacial score (nSPS) is 11.3. The number of ether oxygens (including phenoxy) is 1. The summed E-state index contributed by atoms with van der Waals surface area (Å²) in [5.74, 6) is 0.897. The number of carbonyl (C=O) groups excluding carboxylic acids is 1. The molecule has 0 aliphatic carbocycles. The van der Waals surface area contributed by atoms with Crippen LogP contribution in [0.1, 0.15) is 37.0 Å². The van der Waals surface area contributed by atoms with Gasteiger partial charge in [-0.1, -0.05) is 19.4 Å². The molecule has 4 aromatic rings. The second-order valence-corrected chi connectivity index (χ2v) is 8.31. The number of nitrogens with zero attached hydrogens (tertiary/aromatic N) is 4. The minimum absolute atomic E-state index is 0.0492. The molecular weight excluding hydrogens is 434 g/mol. The predicted octanol–water partition coefficient (Wildman–Crippen LogP) is 2.53. The maximum Gasteiger partial charge on any atom is 0.330 e. The molecule has 11 heteroatoms. The van der Waals surface area contributed by atoms with Crippen molar-refractivity contribution in [1.82, 2.24) is 24.1 Å². The maximum absolute atomic E-state index is 12.4. The summed E-state index contributed by atoms with van der Waals surface area (Å²) in [5.41, 5.74) is 0.0342. The first-order chi connectivity index (χ1) is 15.4. The largest absolute Gasteiger partial charge is 0.457 e. The highest BCUT2D eigenvalue weighted by Gasteiger charge is 2.19. The van der Waals surface area contributed by atoms with Crippen molar-refractivity contribution in [2.75, 3.05) is 0 Å². The summed E-state index contributed by atoms with van der Waals surface area (Å²) < 4.78 is 14.0. The summed E-state index contributed by atoms with van der Waals surface area (Å²) in [6.45, 7) is 4.06. The van der Waals surface area contributed by atoms with Gasteiger partial charge < -0.3 is 13.7 Å². The fraction of sp³-hybridized carbons (Fsp3) is 0.381. The quantitative estimate of drug-likeness (QED) is 0.403. The minimum atomic E-state index is -0.523. The third-order valence-corrected chi connectivity index (χ3v) is 6.00. The molecule has 0 fully saturated rings. The molecule has 0 saturated carbocycles. The number of H-pyrrole nitrogens is 1. The minimum Gasteiger partial charge on any atom is -0.457 e. The first-order valence-corrected chi connectivity index (χ1v) is 11.1. The summed E-state index contributed by atoms with van der Waals surface area (Å²) in [6.07, 6.45) is 1.61. The highest BCUT2D eigenvalue weighted by Crippen LogP contribution is 2.26. The van der Waals surface area contributed by atoms with E-state index in [0.717, 1.165) is 17.7 Å². The average molecular weight is 458 g/mol. The molecule has 32 heavy (non-hydrogen) atoms. The lowest BCUT2D eigenvalue weighted by Gasteiger charge is -2.05. The van der Waals surface area contributed by atoms with Crippen molar-refractivity contribution >= 4 is 28.5 Å². The topological polar surface area (TPSA) is 125 Å². The van der Waals surface area contributed by atoms with Crippen LogP contribution in [-0.4, -0.2) is 30.1 Å². The summed E-state index contributed by atoms with van der Waals surface area (Å²) in [6, 6.07) is 3.79. The van der Waals surface area contributed by atoms with E-state index in [0.29, 0.717) is 29.7 Å². The van der Waals surface area contributed by atoms with E-state index in [9.17, 15) is 14.4 Å². The number of aryl methyl sites for hydroxylation is 3. The molecule has 0 aliphatic heterocycles. The van der Waals surface area contributed by atoms with Crippen molar-refractivity contribution < 1.29 is 13.9 Å². The van der Waals surface area contributed by atoms with Gasteiger partial charge in [-0.15, -0.1) is 11.3 Å². The van der Waals surface area contributed by atoms with Crippen LogP contribution in [0.3, 0.4) is 0 Å². The van der Waals surface area contributed by atoms with E-state index < -0.39 is 17.2 Å². The molecule has 0 spiro atoms. The molecule has 4 aromatic heterocycles. The van der Waals surface area contributed by atoms with Crippen LogP contribution in [0.2, 0.25) is 0 Å². The van der Waals surface area contributed by atoms with Gasteiger partial charge in [0.1, 0.15) is 18.2 Å². The number of fused-ring (bicyclic) bond motifs is 1. The summed E-state index contributed by atoms with van der Waals surface area (Å²) >= 11 is 1.50. The van der Waals surface area contributed by atoms with Gasteiger partial charge in [-0.05, 0) is 24.8 Å². The Kier molecular flexibility index (Phi) is 6.08. The summed E-state index contributed by atoms with van der Waals surface area (Å²) in [4.78, 5) is 49.0. The number of hydrogen-bond acceptors (Lipinski definition) is 8. The molecule has 10 nitrogen and oxygen atoms in total. The van der Waals surface area contributed by atoms with Gasteiger partial charge >= 0.3 is 11.7 Å². The predicted molar refractivity (Wildman–Crippen MR) is 119 cm³/mol. The molecule has 0 atom stereocenters. The number of carbonyl (C=O) groups is 1. The third kappa shape index (κ3) is 4.15. The average Bonchev–Trinajstić information content (AvgIpc) is 3.47. The van der Waals surface area contributed by atoms with Crippen molar-refractivity contribution in [1.29, 1.82) is 0 Å². The number of imidazole rings is 1. The Hall–Kier alpha value is -3.47. The Bertz CT molecular complexity index is 1380. The summed E-state index contributed by atoms with van der Waals surface area (Å²) in [5, 5.41) is 1.92. The third-order valence-electron chi connectivity index (χ3n) is 5.14. The number of aromatic nitrogens is 5. The molecule has 1 N–H and O–H groups in total. The first-order valence-electron chi connectivity index (χ1n) is 10.2. The highest BCUT2D eigenvalue weighted by molar-refractivity contribution is 7.13. The van der Waals surface area contributed by atoms with E-state index in [1.807, 2.05) is 24.4 Å². The summed E-state index contributed by atoms with van der Waals surface area (Å²) in [7, 11) is 1.65. The number of nitrogens with one attached hydrogen (secondary N) is 1. The van der Waals surface area contributed by atoms with Crippen LogP contribution in [-0.2, 0) is 36.2 Å². The molecule has 0 aliphatic rings. The number of unbranched alkanes of at least 4 members (excludes halogenated alkanes) is 1. The van der Waals surface area contributed by atoms with E-state index in [1.54, 1.807) is 18.5 Å². The Morgan fingerprint density at radius 3 is 2.84 bits per heavy atom. The van der Waals surface area contributed by atoms with Crippen molar-refractivity contribution in [2.24, 2.45) is 7.05 Å². The maximum atomic E-state index is 12.4. The van der Waals surface area contributed by atoms with E-state index in [2.05, 4.69) is 15.0 Å². The number of hydrogen-bond donors (Lipinski definition) is 1. The standard InChI is InChI=1S/C21H23N5O5S/c1-4-5-8-26-18-17(19(28)24-21(26)29)25(3)15(23-18)11-30-16(27)10-13-12(2)31-20(22-13)14-7-6-9-32-14/h6-7,9H,4-5,8,10-11H2,1-3H3,(H,24,28,29). The van der Waals surface area contributed by atoms with E-state index in [-0.39, 0.29) is 24.2 Å². The van der Waals surface area contributed by atoms with Crippen molar-refractivity contribution in [3.8, 4) is 10.8 Å². The fourth-order valence-electron chi connectivity index (χ4n) is 3.37. The Morgan fingerprint density at radius 2 is 2.12 bits per heavy atom. The molecule has 4 rings (SSSR count). The number of thiophene rings is 1. The molecule has 0 amide bonds. The lowest BCUT2D eigenvalue weighted by Crippen LogP contribution is -2.31. The number of esters is 1. The molecule has 0 saturated heterocycles. The highest BCUT2D eigenvalue weighted by atomic mass is 32.1. The molecule has 0 bridgehead atoms. The Labute approximate surface area is 186 Å². The van der Waals surface area contributed by atoms with Gasteiger partial charge in [-0.3, -0.25) is 19.1 Å². The Balaban J connectivity index is 1.51. The van der Waals surface area contributed by atoms with Crippen LogP contribution in [0.25, 0.3) is 21.9 Å². The zero-order valence-corrected chi connectivity index (χ0v) is 18.8. The van der Waals surface area contributed by atoms with E-state index in [1.165, 1.54) is 15.9 Å². The zero-order chi connectivity index (χ0) is 22.8. The molecule has 0 unspecified atom stereocenters. The molecular formula is C21H23N5O5S. The molecule has 0 aromatic carbocycles. The van der Waals surface area contributed by atoms with Gasteiger partial charge in [-0.25, -0.2) is 14.8 Å². The lowest BCUT2D eigenvalue weighted by molar-refractivity contribution is -0.144. The lowest BCUT2D eigenvalue weighted by atomic mass is 10.3. The van der Waals surface area contributed by atoms with Crippen LogP contribution >= 0.6 is 11.3 Å². The van der Waals surface area contributed by atoms with Crippen LogP contribution in [0.5, 0.6) is 0 Å². The van der Waals surface area contributed by atoms with Gasteiger partial charge in [0.15, 0.2) is 11.2 Å². The number of oxazole rings is 1. The van der Waals surface area contributed by atoms with Crippen LogP contribution < -0.4 is 11.2 Å².